The first-order valence-corrected chi connectivity index (χ1v) is 24.4. The first-order valence-electron chi connectivity index (χ1n) is 24.4. The SMILES string of the molecule is CC(C)(C)c1ccc2c(c1)C(C)(C)c1cc(C(C)(C)C)ccc1N2c1cc(O)c(C2=C(O)C(=C3C(O)=CC(=[N+]4c5ccc(C(C)(C)C)cc5C(C)(C)c5cc(C(C)(C)C)ccc54)C=C3O)C2=O)c(O)c1. The molecule has 5 aromatic carbocycles. The van der Waals surface area contributed by atoms with Crippen LogP contribution in [0, 0.1) is 0 Å². The van der Waals surface area contributed by atoms with Crippen molar-refractivity contribution in [3.8, 4) is 11.5 Å². The lowest BCUT2D eigenvalue weighted by atomic mass is 9.70. The van der Waals surface area contributed by atoms with Gasteiger partial charge in [0.05, 0.1) is 51.5 Å². The molecule has 70 heavy (non-hydrogen) atoms. The zero-order valence-electron chi connectivity index (χ0n) is 43.8. The van der Waals surface area contributed by atoms with E-state index in [9.17, 15) is 30.3 Å². The third kappa shape index (κ3) is 7.39. The molecule has 2 aliphatic heterocycles. The predicted molar refractivity (Wildman–Crippen MR) is 286 cm³/mol. The second-order valence-electron chi connectivity index (χ2n) is 25.0. The lowest BCUT2D eigenvalue weighted by molar-refractivity contribution is -0.111. The van der Waals surface area contributed by atoms with Gasteiger partial charge in [0.25, 0.3) is 0 Å². The number of hydrogen-bond donors (Lipinski definition) is 5. The molecular weight excluding hydrogens is 869 g/mol. The summed E-state index contributed by atoms with van der Waals surface area (Å²) in [6.07, 6.45) is 2.99. The van der Waals surface area contributed by atoms with E-state index in [-0.39, 0.29) is 43.9 Å². The number of aromatic hydroxyl groups is 2. The molecule has 8 nitrogen and oxygen atoms in total. The van der Waals surface area contributed by atoms with Gasteiger partial charge in [0.2, 0.25) is 22.9 Å². The number of rotatable bonds is 2. The number of benzene rings is 5. The van der Waals surface area contributed by atoms with Gasteiger partial charge in [-0.25, -0.2) is 0 Å². The van der Waals surface area contributed by atoms with Crippen LogP contribution in [0.15, 0.2) is 126 Å². The van der Waals surface area contributed by atoms with Gasteiger partial charge in [-0.15, -0.1) is 0 Å². The van der Waals surface area contributed by atoms with E-state index in [1.165, 1.54) is 46.5 Å². The van der Waals surface area contributed by atoms with Crippen molar-refractivity contribution in [2.24, 2.45) is 0 Å². The van der Waals surface area contributed by atoms with Crippen molar-refractivity contribution in [3.63, 3.8) is 0 Å². The fourth-order valence-electron chi connectivity index (χ4n) is 10.7. The summed E-state index contributed by atoms with van der Waals surface area (Å²) in [5.74, 6) is -3.02. The Balaban J connectivity index is 1.16. The van der Waals surface area contributed by atoms with Crippen molar-refractivity contribution >= 4 is 45.5 Å². The molecule has 0 bridgehead atoms. The normalized spacial score (nSPS) is 17.7. The molecule has 362 valence electrons. The van der Waals surface area contributed by atoms with Crippen molar-refractivity contribution in [1.82, 2.24) is 4.58 Å². The summed E-state index contributed by atoms with van der Waals surface area (Å²) in [4.78, 5) is 16.3. The van der Waals surface area contributed by atoms with Crippen LogP contribution in [0.25, 0.3) is 5.57 Å². The third-order valence-corrected chi connectivity index (χ3v) is 15.2. The predicted octanol–water partition coefficient (Wildman–Crippen LogP) is 15.1. The van der Waals surface area contributed by atoms with E-state index in [0.717, 1.165) is 45.0 Å². The number of aliphatic hydroxyl groups is 3. The zero-order chi connectivity index (χ0) is 51.3. The van der Waals surface area contributed by atoms with Crippen molar-refractivity contribution < 1.29 is 30.3 Å². The van der Waals surface area contributed by atoms with Gasteiger partial charge in [-0.1, -0.05) is 147 Å². The first-order chi connectivity index (χ1) is 32.2. The summed E-state index contributed by atoms with van der Waals surface area (Å²) in [6, 6.07) is 28.8. The Bertz CT molecular complexity index is 3120. The highest BCUT2D eigenvalue weighted by Gasteiger charge is 2.47. The smallest absolute Gasteiger partial charge is 0.219 e. The van der Waals surface area contributed by atoms with Crippen LogP contribution < -0.4 is 9.48 Å². The summed E-state index contributed by atoms with van der Waals surface area (Å²) in [5, 5.41) is 59.1. The molecule has 0 radical (unpaired) electrons. The Hall–Kier alpha value is -6.80. The molecule has 0 amide bonds. The van der Waals surface area contributed by atoms with Crippen LogP contribution >= 0.6 is 0 Å². The minimum Gasteiger partial charge on any atom is -0.507 e. The van der Waals surface area contributed by atoms with Crippen molar-refractivity contribution in [2.75, 3.05) is 4.90 Å². The highest BCUT2D eigenvalue weighted by molar-refractivity contribution is 6.40. The molecule has 2 heterocycles. The molecule has 4 aliphatic rings. The van der Waals surface area contributed by atoms with Crippen LogP contribution in [0.1, 0.15) is 161 Å². The van der Waals surface area contributed by atoms with E-state index in [2.05, 4.69) is 184 Å². The molecule has 5 N–H and O–H groups in total. The number of nitrogens with zero attached hydrogens (tertiary/aromatic N) is 2. The van der Waals surface area contributed by atoms with E-state index in [1.807, 2.05) is 9.48 Å². The molecule has 0 spiro atoms. The van der Waals surface area contributed by atoms with Gasteiger partial charge in [0, 0.05) is 46.2 Å². The summed E-state index contributed by atoms with van der Waals surface area (Å²) < 4.78 is 2.02. The molecule has 8 heteroatoms. The van der Waals surface area contributed by atoms with E-state index in [4.69, 9.17) is 0 Å². The quantitative estimate of drug-likeness (QED) is 0.0882. The zero-order valence-corrected chi connectivity index (χ0v) is 43.8. The molecule has 0 aromatic heterocycles. The Morgan fingerprint density at radius 3 is 1.19 bits per heavy atom. The summed E-state index contributed by atoms with van der Waals surface area (Å²) >= 11 is 0. The third-order valence-electron chi connectivity index (χ3n) is 15.2. The highest BCUT2D eigenvalue weighted by Crippen LogP contribution is 2.56. The Morgan fingerprint density at radius 1 is 0.457 bits per heavy atom. The number of carbonyl (C=O) groups excluding carboxylic acids is 1. The number of aliphatic hydroxyl groups excluding tert-OH is 3. The van der Waals surface area contributed by atoms with Gasteiger partial charge < -0.3 is 30.4 Å². The highest BCUT2D eigenvalue weighted by atomic mass is 16.3. The Labute approximate surface area is 414 Å². The van der Waals surface area contributed by atoms with Gasteiger partial charge >= 0.3 is 0 Å². The Morgan fingerprint density at radius 2 is 0.814 bits per heavy atom. The monoisotopic (exact) mass is 938 g/mol. The lowest BCUT2D eigenvalue weighted by Gasteiger charge is -2.43. The standard InChI is InChI=1S/C62H68N2O6/c1-57(2,3)33-17-21-43-39(25-33)61(13,14)40-26-34(58(4,5)6)18-22-44(40)63(43)37-29-47(65)51(48(66)30-37)53-55(69)54(56(53)70)52-49(67)31-38(32-50(52)68)64-45-23-19-35(59(7,8)9)27-41(45)62(15,16)42-28-36(60(10,11)12)20-24-46(42)64/h17-32H,1-16H3,(H4,65,66,67,68,69,70)/p+1. The van der Waals surface area contributed by atoms with Crippen LogP contribution in [0.5, 0.6) is 11.5 Å². The topological polar surface area (TPSA) is 124 Å². The van der Waals surface area contributed by atoms with E-state index in [1.54, 1.807) is 0 Å². The van der Waals surface area contributed by atoms with E-state index < -0.39 is 45.4 Å². The number of Topliss-reactive ketones (excluding diaryl/α,β-unsaturated/α-hetero) is 1. The minimum absolute atomic E-state index is 0.116. The summed E-state index contributed by atoms with van der Waals surface area (Å²) in [7, 11) is 0. The van der Waals surface area contributed by atoms with Gasteiger partial charge in [0.1, 0.15) is 28.8 Å². The first kappa shape index (κ1) is 48.2. The van der Waals surface area contributed by atoms with Crippen LogP contribution in [0.3, 0.4) is 0 Å². The van der Waals surface area contributed by atoms with Crippen LogP contribution in [0.4, 0.5) is 28.4 Å². The second kappa shape index (κ2) is 15.3. The average Bonchev–Trinajstić information content (AvgIpc) is 3.24. The number of phenols is 2. The lowest BCUT2D eigenvalue weighted by Crippen LogP contribution is -2.33. The summed E-state index contributed by atoms with van der Waals surface area (Å²) in [6.45, 7) is 35.2. The molecule has 0 unspecified atom stereocenters. The number of ketones is 1. The molecule has 0 saturated heterocycles. The maximum Gasteiger partial charge on any atom is 0.219 e. The molecule has 9 rings (SSSR count). The second-order valence-corrected chi connectivity index (χ2v) is 25.0. The van der Waals surface area contributed by atoms with Gasteiger partial charge in [-0.05, 0) is 79.3 Å². The molecule has 5 aromatic rings. The molecule has 0 fully saturated rings. The van der Waals surface area contributed by atoms with E-state index in [0.29, 0.717) is 11.4 Å². The molecular formula is C62H69N2O6+. The van der Waals surface area contributed by atoms with Crippen LogP contribution in [0.2, 0.25) is 0 Å². The maximum absolute atomic E-state index is 14.3. The van der Waals surface area contributed by atoms with Gasteiger partial charge in [-0.3, -0.25) is 4.79 Å². The summed E-state index contributed by atoms with van der Waals surface area (Å²) in [5.41, 5.74) is 11.1. The number of fused-ring (bicyclic) bond motifs is 4. The van der Waals surface area contributed by atoms with Crippen molar-refractivity contribution in [1.29, 1.82) is 0 Å². The number of allylic oxidation sites excluding steroid dienone is 4. The average molecular weight is 938 g/mol. The molecule has 0 saturated carbocycles. The largest absolute Gasteiger partial charge is 0.507 e. The number of phenolic OH excluding ortho intramolecular Hbond substituents is 2. The number of anilines is 3. The fourth-order valence-corrected chi connectivity index (χ4v) is 10.7. The minimum atomic E-state index is -0.756. The van der Waals surface area contributed by atoms with Crippen molar-refractivity contribution in [2.45, 2.75) is 143 Å². The number of carbonyl (C=O) groups is 1. The fraction of sp³-hybridized carbons (Fsp3) is 0.355. The van der Waals surface area contributed by atoms with E-state index >= 15 is 0 Å². The maximum atomic E-state index is 14.3. The van der Waals surface area contributed by atoms with Crippen LogP contribution in [-0.4, -0.2) is 37.0 Å². The molecule has 2 aliphatic carbocycles. The van der Waals surface area contributed by atoms with Crippen LogP contribution in [-0.2, 0) is 37.3 Å². The van der Waals surface area contributed by atoms with Crippen molar-refractivity contribution in [3.05, 3.63) is 176 Å². The van der Waals surface area contributed by atoms with Gasteiger partial charge in [0.15, 0.2) is 0 Å². The number of hydrogen-bond acceptors (Lipinski definition) is 7. The van der Waals surface area contributed by atoms with Gasteiger partial charge in [-0.2, -0.15) is 4.58 Å². The molecule has 0 atom stereocenters. The Kier molecular flexibility index (Phi) is 10.6.